The fourth-order valence-electron chi connectivity index (χ4n) is 3.72. The van der Waals surface area contributed by atoms with Gasteiger partial charge in [0, 0.05) is 5.92 Å². The third-order valence-corrected chi connectivity index (χ3v) is 5.24. The van der Waals surface area contributed by atoms with Crippen molar-refractivity contribution in [1.29, 1.82) is 0 Å². The molecule has 0 amide bonds. The van der Waals surface area contributed by atoms with Crippen LogP contribution in [0, 0.1) is 6.92 Å². The molecule has 118 valence electrons. The first-order valence-corrected chi connectivity index (χ1v) is 8.67. The van der Waals surface area contributed by atoms with Crippen molar-refractivity contribution in [2.75, 3.05) is 0 Å². The predicted molar refractivity (Wildman–Crippen MR) is 103 cm³/mol. The molecule has 3 aromatic rings. The van der Waals surface area contributed by atoms with Gasteiger partial charge in [0.1, 0.15) is 0 Å². The fourth-order valence-corrected chi connectivity index (χ4v) is 3.72. The zero-order valence-electron chi connectivity index (χ0n) is 14.3. The first kappa shape index (κ1) is 15.0. The summed E-state index contributed by atoms with van der Waals surface area (Å²) in [7, 11) is 0. The summed E-state index contributed by atoms with van der Waals surface area (Å²) in [4.78, 5) is 0. The first-order chi connectivity index (χ1) is 11.7. The van der Waals surface area contributed by atoms with E-state index in [1.54, 1.807) is 0 Å². The molecular weight excluding hydrogens is 288 g/mol. The molecular formula is C24H22. The van der Waals surface area contributed by atoms with Gasteiger partial charge in [-0.3, -0.25) is 0 Å². The Hall–Kier alpha value is -2.60. The lowest BCUT2D eigenvalue weighted by Crippen LogP contribution is -1.98. The second-order valence-electron chi connectivity index (χ2n) is 6.72. The number of aryl methyl sites for hydroxylation is 1. The zero-order chi connectivity index (χ0) is 16.5. The summed E-state index contributed by atoms with van der Waals surface area (Å²) in [5.41, 5.74) is 9.88. The maximum absolute atomic E-state index is 2.43. The Balaban J connectivity index is 1.78. The van der Waals surface area contributed by atoms with Crippen LogP contribution in [0.3, 0.4) is 0 Å². The van der Waals surface area contributed by atoms with Crippen LogP contribution in [0.25, 0.3) is 17.2 Å². The highest BCUT2D eigenvalue weighted by atomic mass is 14.3. The largest absolute Gasteiger partial charge is 0.0622 e. The summed E-state index contributed by atoms with van der Waals surface area (Å²) in [6, 6.07) is 26.1. The molecule has 0 bridgehead atoms. The highest BCUT2D eigenvalue weighted by molar-refractivity contribution is 5.82. The number of benzene rings is 3. The first-order valence-electron chi connectivity index (χ1n) is 8.67. The van der Waals surface area contributed by atoms with Crippen LogP contribution < -0.4 is 0 Å². The number of hydrogen-bond donors (Lipinski definition) is 0. The van der Waals surface area contributed by atoms with Crippen LogP contribution in [0.1, 0.15) is 35.1 Å². The molecule has 0 heterocycles. The monoisotopic (exact) mass is 310 g/mol. The average Bonchev–Trinajstić information content (AvgIpc) is 3.09. The summed E-state index contributed by atoms with van der Waals surface area (Å²) in [6.45, 7) is 4.56. The van der Waals surface area contributed by atoms with Gasteiger partial charge in [0.15, 0.2) is 0 Å². The molecule has 1 aliphatic rings. The molecule has 4 rings (SSSR count). The van der Waals surface area contributed by atoms with E-state index in [-0.39, 0.29) is 0 Å². The van der Waals surface area contributed by atoms with Crippen LogP contribution in [0.2, 0.25) is 0 Å². The van der Waals surface area contributed by atoms with Gasteiger partial charge in [0.25, 0.3) is 0 Å². The number of rotatable bonds is 3. The van der Waals surface area contributed by atoms with Gasteiger partial charge >= 0.3 is 0 Å². The smallest absolute Gasteiger partial charge is 0.00264 e. The molecule has 24 heavy (non-hydrogen) atoms. The van der Waals surface area contributed by atoms with Gasteiger partial charge in [-0.05, 0) is 46.7 Å². The normalized spacial score (nSPS) is 14.2. The number of allylic oxidation sites excluding steroid dienone is 1. The van der Waals surface area contributed by atoms with E-state index in [1.165, 1.54) is 39.0 Å². The molecule has 1 aliphatic carbocycles. The Morgan fingerprint density at radius 3 is 2.17 bits per heavy atom. The van der Waals surface area contributed by atoms with Gasteiger partial charge in [-0.25, -0.2) is 0 Å². The van der Waals surface area contributed by atoms with Gasteiger partial charge in [0.2, 0.25) is 0 Å². The van der Waals surface area contributed by atoms with E-state index in [0.717, 1.165) is 6.42 Å². The number of hydrogen-bond acceptors (Lipinski definition) is 0. The van der Waals surface area contributed by atoms with Gasteiger partial charge in [-0.2, -0.15) is 0 Å². The molecule has 0 fully saturated rings. The van der Waals surface area contributed by atoms with Crippen LogP contribution in [0.5, 0.6) is 0 Å². The minimum atomic E-state index is 0.460. The van der Waals surface area contributed by atoms with Crippen LogP contribution in [-0.4, -0.2) is 0 Å². The minimum absolute atomic E-state index is 0.460. The Labute approximate surface area is 144 Å². The Morgan fingerprint density at radius 1 is 0.792 bits per heavy atom. The van der Waals surface area contributed by atoms with Gasteiger partial charge < -0.3 is 0 Å². The average molecular weight is 310 g/mol. The lowest BCUT2D eigenvalue weighted by Gasteiger charge is -2.13. The SMILES string of the molecule is Cc1ccc(-c2ccccc2)c2c1CC(C(C)c1ccccc1)=C2. The van der Waals surface area contributed by atoms with E-state index in [9.17, 15) is 0 Å². The van der Waals surface area contributed by atoms with E-state index >= 15 is 0 Å². The quantitative estimate of drug-likeness (QED) is 0.524. The van der Waals surface area contributed by atoms with Crippen LogP contribution >= 0.6 is 0 Å². The van der Waals surface area contributed by atoms with Crippen molar-refractivity contribution in [2.45, 2.75) is 26.2 Å². The molecule has 3 aromatic carbocycles. The standard InChI is InChI=1S/C24H22/c1-17-13-14-22(20-11-7-4-8-12-20)24-16-21(15-23(17)24)18(2)19-9-5-3-6-10-19/h3-14,16,18H,15H2,1-2H3. The van der Waals surface area contributed by atoms with Crippen molar-refractivity contribution in [3.63, 3.8) is 0 Å². The van der Waals surface area contributed by atoms with E-state index in [2.05, 4.69) is 92.7 Å². The molecule has 1 unspecified atom stereocenters. The maximum atomic E-state index is 2.43. The van der Waals surface area contributed by atoms with Crippen LogP contribution in [0.4, 0.5) is 0 Å². The van der Waals surface area contributed by atoms with Crippen molar-refractivity contribution in [1.82, 2.24) is 0 Å². The highest BCUT2D eigenvalue weighted by Crippen LogP contribution is 2.40. The topological polar surface area (TPSA) is 0 Å². The van der Waals surface area contributed by atoms with Crippen molar-refractivity contribution in [3.05, 3.63) is 101 Å². The zero-order valence-corrected chi connectivity index (χ0v) is 14.3. The Morgan fingerprint density at radius 2 is 1.46 bits per heavy atom. The molecule has 0 nitrogen and oxygen atoms in total. The molecule has 1 atom stereocenters. The van der Waals surface area contributed by atoms with Crippen molar-refractivity contribution in [3.8, 4) is 11.1 Å². The van der Waals surface area contributed by atoms with Crippen molar-refractivity contribution >= 4 is 6.08 Å². The van der Waals surface area contributed by atoms with E-state index in [0.29, 0.717) is 5.92 Å². The molecule has 0 radical (unpaired) electrons. The van der Waals surface area contributed by atoms with E-state index < -0.39 is 0 Å². The third-order valence-electron chi connectivity index (χ3n) is 5.24. The Bertz CT molecular complexity index is 886. The summed E-state index contributed by atoms with van der Waals surface area (Å²) < 4.78 is 0. The number of fused-ring (bicyclic) bond motifs is 1. The van der Waals surface area contributed by atoms with E-state index in [4.69, 9.17) is 0 Å². The third kappa shape index (κ3) is 2.59. The maximum Gasteiger partial charge on any atom is 0.00264 e. The summed E-state index contributed by atoms with van der Waals surface area (Å²) >= 11 is 0. The van der Waals surface area contributed by atoms with E-state index in [1.807, 2.05) is 0 Å². The highest BCUT2D eigenvalue weighted by Gasteiger charge is 2.22. The van der Waals surface area contributed by atoms with Crippen LogP contribution in [0.15, 0.2) is 78.4 Å². The lowest BCUT2D eigenvalue weighted by atomic mass is 9.91. The molecule has 0 saturated carbocycles. The molecule has 0 saturated heterocycles. The molecule has 0 heteroatoms. The summed E-state index contributed by atoms with van der Waals surface area (Å²) in [5, 5.41) is 0. The fraction of sp³-hybridized carbons (Fsp3) is 0.167. The van der Waals surface area contributed by atoms with Gasteiger partial charge in [0.05, 0.1) is 0 Å². The Kier molecular flexibility index (Phi) is 3.82. The van der Waals surface area contributed by atoms with Crippen molar-refractivity contribution in [2.24, 2.45) is 0 Å². The minimum Gasteiger partial charge on any atom is -0.0622 e. The molecule has 0 aromatic heterocycles. The second kappa shape index (κ2) is 6.13. The second-order valence-corrected chi connectivity index (χ2v) is 6.72. The lowest BCUT2D eigenvalue weighted by molar-refractivity contribution is 0.868. The molecule has 0 aliphatic heterocycles. The summed E-state index contributed by atoms with van der Waals surface area (Å²) in [5.74, 6) is 0.460. The van der Waals surface area contributed by atoms with Gasteiger partial charge in [-0.1, -0.05) is 91.4 Å². The van der Waals surface area contributed by atoms with Gasteiger partial charge in [-0.15, -0.1) is 0 Å². The molecule has 0 spiro atoms. The van der Waals surface area contributed by atoms with Crippen molar-refractivity contribution < 1.29 is 0 Å². The predicted octanol–water partition coefficient (Wildman–Crippen LogP) is 6.41. The van der Waals surface area contributed by atoms with Crippen LogP contribution in [-0.2, 0) is 6.42 Å². The molecule has 0 N–H and O–H groups in total. The summed E-state index contributed by atoms with van der Waals surface area (Å²) in [6.07, 6.45) is 3.50.